The van der Waals surface area contributed by atoms with Crippen LogP contribution in [0.3, 0.4) is 0 Å². The van der Waals surface area contributed by atoms with Gasteiger partial charge in [0.15, 0.2) is 17.5 Å². The highest BCUT2D eigenvalue weighted by molar-refractivity contribution is 6.62. The Bertz CT molecular complexity index is 2150. The highest BCUT2D eigenvalue weighted by Gasteiger charge is 2.52. The van der Waals surface area contributed by atoms with Crippen LogP contribution in [0.5, 0.6) is 0 Å². The molecule has 46 heavy (non-hydrogen) atoms. The van der Waals surface area contributed by atoms with Gasteiger partial charge < -0.3 is 13.7 Å². The first-order valence-electron chi connectivity index (χ1n) is 15.9. The number of aromatic nitrogens is 3. The number of benzene rings is 4. The summed E-state index contributed by atoms with van der Waals surface area (Å²) in [5, 5.41) is 1.98. The molecular formula is C39H34BN3O3. The number of hydrogen-bond donors (Lipinski definition) is 0. The van der Waals surface area contributed by atoms with Crippen LogP contribution in [0.4, 0.5) is 0 Å². The van der Waals surface area contributed by atoms with E-state index >= 15 is 0 Å². The lowest BCUT2D eigenvalue weighted by atomic mass is 9.77. The maximum absolute atomic E-state index is 6.52. The second-order valence-corrected chi connectivity index (χ2v) is 13.0. The number of hydrogen-bond acceptors (Lipinski definition) is 6. The van der Waals surface area contributed by atoms with E-state index in [4.69, 9.17) is 28.7 Å². The third-order valence-corrected chi connectivity index (χ3v) is 9.41. The quantitative estimate of drug-likeness (QED) is 0.184. The molecule has 3 heterocycles. The zero-order chi connectivity index (χ0) is 31.5. The van der Waals surface area contributed by atoms with Crippen LogP contribution in [0.15, 0.2) is 114 Å². The minimum atomic E-state index is -0.558. The highest BCUT2D eigenvalue weighted by atomic mass is 16.7. The van der Waals surface area contributed by atoms with Gasteiger partial charge in [-0.25, -0.2) is 15.0 Å². The lowest BCUT2D eigenvalue weighted by molar-refractivity contribution is 0.00578. The summed E-state index contributed by atoms with van der Waals surface area (Å²) >= 11 is 0. The van der Waals surface area contributed by atoms with Crippen LogP contribution in [0.25, 0.3) is 61.4 Å². The molecule has 0 amide bonds. The maximum Gasteiger partial charge on any atom is 0.494 e. The Morgan fingerprint density at radius 2 is 1.28 bits per heavy atom. The third-order valence-electron chi connectivity index (χ3n) is 9.41. The molecule has 1 saturated heterocycles. The number of nitrogens with zero attached hydrogens (tertiary/aromatic N) is 3. The molecule has 226 valence electrons. The fraction of sp³-hybridized carbons (Fsp3) is 0.205. The lowest BCUT2D eigenvalue weighted by Gasteiger charge is -2.32. The zero-order valence-electron chi connectivity index (χ0n) is 26.5. The molecule has 0 saturated carbocycles. The van der Waals surface area contributed by atoms with Crippen molar-refractivity contribution in [3.8, 4) is 33.9 Å². The van der Waals surface area contributed by atoms with Gasteiger partial charge in [0.25, 0.3) is 0 Å². The van der Waals surface area contributed by atoms with Gasteiger partial charge in [-0.2, -0.15) is 0 Å². The summed E-state index contributed by atoms with van der Waals surface area (Å²) in [5.74, 6) is 1.77. The molecule has 6 aromatic rings. The van der Waals surface area contributed by atoms with Crippen molar-refractivity contribution in [3.05, 3.63) is 115 Å². The predicted octanol–water partition coefficient (Wildman–Crippen LogP) is 8.80. The number of furan rings is 1. The minimum Gasteiger partial charge on any atom is -0.455 e. The van der Waals surface area contributed by atoms with Gasteiger partial charge in [-0.1, -0.05) is 97.1 Å². The number of allylic oxidation sites excluding steroid dienone is 4. The Balaban J connectivity index is 1.32. The van der Waals surface area contributed by atoms with Gasteiger partial charge in [-0.05, 0) is 69.3 Å². The summed E-state index contributed by atoms with van der Waals surface area (Å²) < 4.78 is 19.6. The Morgan fingerprint density at radius 1 is 0.630 bits per heavy atom. The molecule has 4 aromatic carbocycles. The molecule has 1 aliphatic carbocycles. The topological polar surface area (TPSA) is 70.3 Å². The van der Waals surface area contributed by atoms with E-state index in [1.54, 1.807) is 0 Å². The summed E-state index contributed by atoms with van der Waals surface area (Å²) in [6.45, 7) is 8.27. The molecule has 7 heteroatoms. The summed E-state index contributed by atoms with van der Waals surface area (Å²) in [7, 11) is -0.558. The zero-order valence-corrected chi connectivity index (χ0v) is 26.5. The van der Waals surface area contributed by atoms with Crippen LogP contribution in [0.2, 0.25) is 0 Å². The van der Waals surface area contributed by atoms with E-state index in [2.05, 4.69) is 113 Å². The van der Waals surface area contributed by atoms with Crippen LogP contribution >= 0.6 is 0 Å². The molecule has 2 aromatic heterocycles. The van der Waals surface area contributed by atoms with Crippen LogP contribution in [0, 0.1) is 0 Å². The number of rotatable bonds is 5. The van der Waals surface area contributed by atoms with Gasteiger partial charge in [0, 0.05) is 21.9 Å². The van der Waals surface area contributed by atoms with E-state index in [1.807, 2.05) is 24.3 Å². The molecule has 2 aliphatic rings. The van der Waals surface area contributed by atoms with Crippen LogP contribution in [0.1, 0.15) is 46.4 Å². The monoisotopic (exact) mass is 603 g/mol. The summed E-state index contributed by atoms with van der Waals surface area (Å²) in [4.78, 5) is 15.2. The minimum absolute atomic E-state index is 0.482. The van der Waals surface area contributed by atoms with Gasteiger partial charge in [0.1, 0.15) is 11.2 Å². The Hall–Kier alpha value is -4.85. The molecule has 8 rings (SSSR count). The van der Waals surface area contributed by atoms with Gasteiger partial charge in [0.05, 0.1) is 16.8 Å². The standard InChI is InChI=1S/C39H34BN3O3/c1-38(2)39(3,4)46-40(45-38)29-23-31-30-17-11-12-18-33(30)44-34(31)32(24-29)37-42-35(27-15-9-6-10-16-27)41-36(43-37)28-21-19-26(20-22-28)25-13-7-5-8-14-25/h5,7-9,11-24H,6,10H2,1-4H3. The van der Waals surface area contributed by atoms with Crippen LogP contribution in [-0.2, 0) is 9.31 Å². The first kappa shape index (κ1) is 28.6. The molecule has 0 atom stereocenters. The van der Waals surface area contributed by atoms with Crippen molar-refractivity contribution >= 4 is 40.1 Å². The summed E-state index contributed by atoms with van der Waals surface area (Å²) in [6, 6.07) is 31.0. The van der Waals surface area contributed by atoms with Crippen molar-refractivity contribution in [2.75, 3.05) is 0 Å². The van der Waals surface area contributed by atoms with E-state index in [1.165, 1.54) is 0 Å². The van der Waals surface area contributed by atoms with Gasteiger partial charge in [-0.3, -0.25) is 0 Å². The molecule has 1 fully saturated rings. The molecule has 0 bridgehead atoms. The van der Waals surface area contributed by atoms with E-state index in [9.17, 15) is 0 Å². The van der Waals surface area contributed by atoms with Gasteiger partial charge in [0.2, 0.25) is 0 Å². The van der Waals surface area contributed by atoms with E-state index < -0.39 is 18.3 Å². The third kappa shape index (κ3) is 4.96. The van der Waals surface area contributed by atoms with Crippen molar-refractivity contribution in [1.29, 1.82) is 0 Å². The molecule has 0 unspecified atom stereocenters. The predicted molar refractivity (Wildman–Crippen MR) is 185 cm³/mol. The average Bonchev–Trinajstić information content (AvgIpc) is 3.57. The molecule has 0 radical (unpaired) electrons. The van der Waals surface area contributed by atoms with E-state index in [0.717, 1.165) is 68.1 Å². The normalized spacial score (nSPS) is 17.1. The van der Waals surface area contributed by atoms with Gasteiger partial charge >= 0.3 is 7.12 Å². The smallest absolute Gasteiger partial charge is 0.455 e. The number of fused-ring (bicyclic) bond motifs is 3. The van der Waals surface area contributed by atoms with E-state index in [-0.39, 0.29) is 0 Å². The fourth-order valence-electron chi connectivity index (χ4n) is 6.11. The maximum atomic E-state index is 6.52. The molecular weight excluding hydrogens is 569 g/mol. The second kappa shape index (κ2) is 10.9. The first-order chi connectivity index (χ1) is 22.3. The van der Waals surface area contributed by atoms with Crippen molar-refractivity contribution in [3.63, 3.8) is 0 Å². The summed E-state index contributed by atoms with van der Waals surface area (Å²) in [5.41, 5.74) is 6.41. The fourth-order valence-corrected chi connectivity index (χ4v) is 6.11. The Kier molecular flexibility index (Phi) is 6.78. The lowest BCUT2D eigenvalue weighted by Crippen LogP contribution is -2.41. The van der Waals surface area contributed by atoms with Crippen LogP contribution in [-0.4, -0.2) is 33.3 Å². The van der Waals surface area contributed by atoms with Crippen molar-refractivity contribution in [2.45, 2.75) is 51.7 Å². The van der Waals surface area contributed by atoms with E-state index in [0.29, 0.717) is 17.5 Å². The first-order valence-corrected chi connectivity index (χ1v) is 15.9. The van der Waals surface area contributed by atoms with Crippen molar-refractivity contribution < 1.29 is 13.7 Å². The second-order valence-electron chi connectivity index (χ2n) is 13.0. The molecule has 1 aliphatic heterocycles. The SMILES string of the molecule is CC1(C)OB(c2cc(-c3nc(C4=CCCC=C4)nc(-c4ccc(-c5ccccc5)cc4)n3)c3oc4ccccc4c3c2)OC1(C)C. The number of para-hydroxylation sites is 1. The van der Waals surface area contributed by atoms with Crippen molar-refractivity contribution in [1.82, 2.24) is 15.0 Å². The largest absolute Gasteiger partial charge is 0.494 e. The molecule has 0 N–H and O–H groups in total. The average molecular weight is 604 g/mol. The van der Waals surface area contributed by atoms with Crippen LogP contribution < -0.4 is 5.46 Å². The summed E-state index contributed by atoms with van der Waals surface area (Å²) in [6.07, 6.45) is 8.41. The Labute approximate surface area is 269 Å². The molecule has 6 nitrogen and oxygen atoms in total. The van der Waals surface area contributed by atoms with Crippen molar-refractivity contribution in [2.24, 2.45) is 0 Å². The molecule has 0 spiro atoms. The Morgan fingerprint density at radius 3 is 2.02 bits per heavy atom. The van der Waals surface area contributed by atoms with Gasteiger partial charge in [-0.15, -0.1) is 0 Å². The highest BCUT2D eigenvalue weighted by Crippen LogP contribution is 2.39.